The smallest absolute Gasteiger partial charge is 0.274 e. The number of anilines is 2. The van der Waals surface area contributed by atoms with E-state index in [9.17, 15) is 4.79 Å². The molecule has 3 aromatic rings. The highest BCUT2D eigenvalue weighted by Gasteiger charge is 2.10. The van der Waals surface area contributed by atoms with Crippen LogP contribution in [0.1, 0.15) is 16.1 Å². The zero-order chi connectivity index (χ0) is 17.6. The van der Waals surface area contributed by atoms with Gasteiger partial charge in [0.1, 0.15) is 5.69 Å². The van der Waals surface area contributed by atoms with Gasteiger partial charge in [-0.1, -0.05) is 29.3 Å². The molecule has 2 N–H and O–H groups in total. The molecule has 7 heteroatoms. The number of halogens is 2. The van der Waals surface area contributed by atoms with Gasteiger partial charge in [-0.2, -0.15) is 0 Å². The number of nitrogens with one attached hydrogen (secondary N) is 2. The van der Waals surface area contributed by atoms with Crippen molar-refractivity contribution in [3.8, 4) is 0 Å². The van der Waals surface area contributed by atoms with Crippen molar-refractivity contribution in [1.82, 2.24) is 9.97 Å². The number of aromatic nitrogens is 2. The van der Waals surface area contributed by atoms with E-state index < -0.39 is 0 Å². The molecular formula is C18H14Cl2N4O. The number of pyridine rings is 2. The minimum Gasteiger partial charge on any atom is -0.380 e. The molecule has 1 amide bonds. The third kappa shape index (κ3) is 4.68. The lowest BCUT2D eigenvalue weighted by Crippen LogP contribution is -2.14. The predicted molar refractivity (Wildman–Crippen MR) is 100 cm³/mol. The Morgan fingerprint density at radius 1 is 1.08 bits per heavy atom. The maximum absolute atomic E-state index is 12.3. The molecule has 0 unspecified atom stereocenters. The minimum absolute atomic E-state index is 0.281. The third-order valence-electron chi connectivity index (χ3n) is 3.39. The van der Waals surface area contributed by atoms with Crippen LogP contribution in [0.4, 0.5) is 11.4 Å². The van der Waals surface area contributed by atoms with Gasteiger partial charge in [0.25, 0.3) is 5.91 Å². The Hall–Kier alpha value is -2.63. The number of carbonyl (C=O) groups excluding carboxylic acids is 1. The van der Waals surface area contributed by atoms with E-state index in [1.165, 1.54) is 0 Å². The first kappa shape index (κ1) is 17.2. The Labute approximate surface area is 155 Å². The fourth-order valence-electron chi connectivity index (χ4n) is 2.12. The van der Waals surface area contributed by atoms with Gasteiger partial charge >= 0.3 is 0 Å². The van der Waals surface area contributed by atoms with Crippen molar-refractivity contribution in [2.24, 2.45) is 0 Å². The van der Waals surface area contributed by atoms with E-state index in [-0.39, 0.29) is 11.6 Å². The molecule has 0 fully saturated rings. The van der Waals surface area contributed by atoms with Gasteiger partial charge in [-0.05, 0) is 42.0 Å². The molecule has 3 rings (SSSR count). The summed E-state index contributed by atoms with van der Waals surface area (Å²) >= 11 is 12.0. The zero-order valence-electron chi connectivity index (χ0n) is 13.0. The first-order valence-corrected chi connectivity index (χ1v) is 8.22. The first-order valence-electron chi connectivity index (χ1n) is 7.47. The van der Waals surface area contributed by atoms with Crippen molar-refractivity contribution in [2.45, 2.75) is 6.54 Å². The number of benzene rings is 1. The van der Waals surface area contributed by atoms with Crippen LogP contribution in [0.2, 0.25) is 10.0 Å². The van der Waals surface area contributed by atoms with Crippen LogP contribution in [-0.4, -0.2) is 15.9 Å². The van der Waals surface area contributed by atoms with Crippen LogP contribution in [-0.2, 0) is 6.54 Å². The number of rotatable bonds is 5. The van der Waals surface area contributed by atoms with E-state index in [1.807, 2.05) is 12.1 Å². The van der Waals surface area contributed by atoms with Crippen LogP contribution in [0.25, 0.3) is 0 Å². The lowest BCUT2D eigenvalue weighted by Gasteiger charge is -2.09. The monoisotopic (exact) mass is 372 g/mol. The molecule has 126 valence electrons. The highest BCUT2D eigenvalue weighted by Crippen LogP contribution is 2.25. The summed E-state index contributed by atoms with van der Waals surface area (Å²) in [6.45, 7) is 0.624. The van der Waals surface area contributed by atoms with Crippen molar-refractivity contribution >= 4 is 40.5 Å². The van der Waals surface area contributed by atoms with E-state index in [2.05, 4.69) is 20.6 Å². The topological polar surface area (TPSA) is 66.9 Å². The molecule has 0 aliphatic heterocycles. The highest BCUT2D eigenvalue weighted by molar-refractivity contribution is 6.35. The van der Waals surface area contributed by atoms with Gasteiger partial charge in [-0.25, -0.2) is 4.98 Å². The van der Waals surface area contributed by atoms with Crippen LogP contribution in [0.5, 0.6) is 0 Å². The SMILES string of the molecule is O=C(Nc1cc(Cl)ccc1Cl)c1ccc(NCc2cccnc2)cn1. The molecule has 0 aliphatic rings. The largest absolute Gasteiger partial charge is 0.380 e. The summed E-state index contributed by atoms with van der Waals surface area (Å²) in [5, 5.41) is 6.82. The van der Waals surface area contributed by atoms with Gasteiger partial charge in [0.05, 0.1) is 22.6 Å². The third-order valence-corrected chi connectivity index (χ3v) is 3.96. The van der Waals surface area contributed by atoms with Gasteiger partial charge in [-0.15, -0.1) is 0 Å². The normalized spacial score (nSPS) is 10.3. The van der Waals surface area contributed by atoms with Crippen molar-refractivity contribution in [1.29, 1.82) is 0 Å². The van der Waals surface area contributed by atoms with E-state index in [4.69, 9.17) is 23.2 Å². The summed E-state index contributed by atoms with van der Waals surface area (Å²) in [6, 6.07) is 12.1. The lowest BCUT2D eigenvalue weighted by molar-refractivity contribution is 0.102. The fraction of sp³-hybridized carbons (Fsp3) is 0.0556. The van der Waals surface area contributed by atoms with Gasteiger partial charge in [0.15, 0.2) is 0 Å². The summed E-state index contributed by atoms with van der Waals surface area (Å²) < 4.78 is 0. The van der Waals surface area contributed by atoms with Crippen LogP contribution in [0.15, 0.2) is 61.1 Å². The fourth-order valence-corrected chi connectivity index (χ4v) is 2.46. The maximum Gasteiger partial charge on any atom is 0.274 e. The summed E-state index contributed by atoms with van der Waals surface area (Å²) in [4.78, 5) is 20.5. The number of amides is 1. The summed E-state index contributed by atoms with van der Waals surface area (Å²) in [7, 11) is 0. The molecule has 0 spiro atoms. The average molecular weight is 373 g/mol. The van der Waals surface area contributed by atoms with Crippen molar-refractivity contribution in [2.75, 3.05) is 10.6 Å². The average Bonchev–Trinajstić information content (AvgIpc) is 2.64. The molecule has 1 aromatic carbocycles. The molecule has 2 heterocycles. The summed E-state index contributed by atoms with van der Waals surface area (Å²) in [5.74, 6) is -0.358. The van der Waals surface area contributed by atoms with E-state index >= 15 is 0 Å². The van der Waals surface area contributed by atoms with Crippen LogP contribution < -0.4 is 10.6 Å². The van der Waals surface area contributed by atoms with E-state index in [0.717, 1.165) is 11.3 Å². The van der Waals surface area contributed by atoms with Crippen LogP contribution in [0.3, 0.4) is 0 Å². The van der Waals surface area contributed by atoms with E-state index in [1.54, 1.807) is 48.9 Å². The lowest BCUT2D eigenvalue weighted by atomic mass is 10.2. The molecule has 2 aromatic heterocycles. The maximum atomic E-state index is 12.3. The minimum atomic E-state index is -0.358. The van der Waals surface area contributed by atoms with Crippen molar-refractivity contribution < 1.29 is 4.79 Å². The number of carbonyl (C=O) groups is 1. The molecule has 0 bridgehead atoms. The molecule has 25 heavy (non-hydrogen) atoms. The Balaban J connectivity index is 1.63. The number of hydrogen-bond acceptors (Lipinski definition) is 4. The van der Waals surface area contributed by atoms with Crippen LogP contribution >= 0.6 is 23.2 Å². The Kier molecular flexibility index (Phi) is 5.48. The molecule has 0 atom stereocenters. The second-order valence-electron chi connectivity index (χ2n) is 5.23. The van der Waals surface area contributed by atoms with Gasteiger partial charge in [-0.3, -0.25) is 9.78 Å². The van der Waals surface area contributed by atoms with Crippen molar-refractivity contribution in [3.05, 3.63) is 82.4 Å². The van der Waals surface area contributed by atoms with Gasteiger partial charge < -0.3 is 10.6 Å². The molecule has 0 aliphatic carbocycles. The van der Waals surface area contributed by atoms with Crippen LogP contribution in [0, 0.1) is 0 Å². The molecule has 0 radical (unpaired) electrons. The Morgan fingerprint density at radius 3 is 2.68 bits per heavy atom. The standard InChI is InChI=1S/C18H14Cl2N4O/c19-13-3-5-15(20)17(8-13)24-18(25)16-6-4-14(11-23-16)22-10-12-2-1-7-21-9-12/h1-9,11,22H,10H2,(H,24,25). The van der Waals surface area contributed by atoms with Gasteiger partial charge in [0.2, 0.25) is 0 Å². The Morgan fingerprint density at radius 2 is 1.96 bits per heavy atom. The second-order valence-corrected chi connectivity index (χ2v) is 6.07. The zero-order valence-corrected chi connectivity index (χ0v) is 14.6. The quantitative estimate of drug-likeness (QED) is 0.683. The van der Waals surface area contributed by atoms with Crippen molar-refractivity contribution in [3.63, 3.8) is 0 Å². The Bertz CT molecular complexity index is 870. The first-order chi connectivity index (χ1) is 12.1. The predicted octanol–water partition coefficient (Wildman–Crippen LogP) is 4.65. The molecular weight excluding hydrogens is 359 g/mol. The second kappa shape index (κ2) is 7.96. The summed E-state index contributed by atoms with van der Waals surface area (Å²) in [5.41, 5.74) is 2.59. The number of hydrogen-bond donors (Lipinski definition) is 2. The van der Waals surface area contributed by atoms with Gasteiger partial charge in [0, 0.05) is 24.0 Å². The molecule has 0 saturated heterocycles. The summed E-state index contributed by atoms with van der Waals surface area (Å²) in [6.07, 6.45) is 5.12. The molecule has 0 saturated carbocycles. The number of nitrogens with zero attached hydrogens (tertiary/aromatic N) is 2. The molecule has 5 nitrogen and oxygen atoms in total. The highest BCUT2D eigenvalue weighted by atomic mass is 35.5. The van der Waals surface area contributed by atoms with E-state index in [0.29, 0.717) is 22.3 Å².